The van der Waals surface area contributed by atoms with E-state index in [9.17, 15) is 0 Å². The molecule has 5 heteroatoms. The van der Waals surface area contributed by atoms with Crippen LogP contribution < -0.4 is 4.90 Å². The van der Waals surface area contributed by atoms with Gasteiger partial charge in [0.1, 0.15) is 5.82 Å². The number of hydrogen-bond acceptors (Lipinski definition) is 3. The predicted molar refractivity (Wildman–Crippen MR) is 68.2 cm³/mol. The van der Waals surface area contributed by atoms with Crippen LogP contribution in [0.3, 0.4) is 0 Å². The monoisotopic (exact) mass is 287 g/mol. The smallest absolute Gasteiger partial charge is 0.131 e. The third kappa shape index (κ3) is 1.98. The molecule has 1 atom stereocenters. The summed E-state index contributed by atoms with van der Waals surface area (Å²) in [7, 11) is 2.01. The highest BCUT2D eigenvalue weighted by atomic mass is 79.9. The Morgan fingerprint density at radius 1 is 1.56 bits per heavy atom. The van der Waals surface area contributed by atoms with E-state index in [0.29, 0.717) is 6.04 Å². The molecule has 4 nitrogen and oxygen atoms in total. The summed E-state index contributed by atoms with van der Waals surface area (Å²) in [4.78, 5) is 2.39. The van der Waals surface area contributed by atoms with E-state index in [1.807, 2.05) is 11.7 Å². The van der Waals surface area contributed by atoms with Crippen LogP contribution in [0.25, 0.3) is 0 Å². The number of hydrogen-bond donors (Lipinski definition) is 0. The summed E-state index contributed by atoms with van der Waals surface area (Å²) in [6.45, 7) is 6.80. The highest BCUT2D eigenvalue weighted by molar-refractivity contribution is 9.08. The Balaban J connectivity index is 2.37. The first-order valence-electron chi connectivity index (χ1n) is 5.58. The lowest BCUT2D eigenvalue weighted by Crippen LogP contribution is -2.45. The van der Waals surface area contributed by atoms with E-state index in [1.165, 1.54) is 11.4 Å². The van der Waals surface area contributed by atoms with Crippen LogP contribution in [0.1, 0.15) is 18.2 Å². The zero-order valence-corrected chi connectivity index (χ0v) is 11.6. The average Bonchev–Trinajstić information content (AvgIpc) is 2.54. The van der Waals surface area contributed by atoms with E-state index in [1.54, 1.807) is 0 Å². The van der Waals surface area contributed by atoms with Crippen molar-refractivity contribution in [1.82, 2.24) is 9.78 Å². The maximum atomic E-state index is 5.47. The molecule has 0 saturated carbocycles. The van der Waals surface area contributed by atoms with Crippen molar-refractivity contribution in [3.63, 3.8) is 0 Å². The maximum absolute atomic E-state index is 5.47. The molecular formula is C11H18BrN3O. The number of halogens is 1. The van der Waals surface area contributed by atoms with Gasteiger partial charge in [-0.05, 0) is 13.8 Å². The minimum atomic E-state index is 0.418. The van der Waals surface area contributed by atoms with Crippen LogP contribution in [0.5, 0.6) is 0 Å². The van der Waals surface area contributed by atoms with Crippen molar-refractivity contribution in [2.45, 2.75) is 25.2 Å². The molecule has 2 heterocycles. The first-order chi connectivity index (χ1) is 7.65. The second-order valence-corrected chi connectivity index (χ2v) is 4.82. The van der Waals surface area contributed by atoms with Crippen molar-refractivity contribution < 1.29 is 4.74 Å². The van der Waals surface area contributed by atoms with E-state index in [0.717, 1.165) is 30.8 Å². The lowest BCUT2D eigenvalue weighted by molar-refractivity contribution is 0.0981. The number of aromatic nitrogens is 2. The Hall–Kier alpha value is -0.550. The SMILES string of the molecule is Cc1nn(C)c(N2CCOCC2C)c1CBr. The Morgan fingerprint density at radius 2 is 2.31 bits per heavy atom. The summed E-state index contributed by atoms with van der Waals surface area (Å²) in [6, 6.07) is 0.418. The van der Waals surface area contributed by atoms with Crippen LogP contribution >= 0.6 is 15.9 Å². The summed E-state index contributed by atoms with van der Waals surface area (Å²) in [5, 5.41) is 5.35. The van der Waals surface area contributed by atoms with Gasteiger partial charge in [0.25, 0.3) is 0 Å². The summed E-state index contributed by atoms with van der Waals surface area (Å²) in [6.07, 6.45) is 0. The molecule has 2 rings (SSSR count). The van der Waals surface area contributed by atoms with Crippen LogP contribution in [-0.4, -0.2) is 35.6 Å². The fourth-order valence-corrected chi connectivity index (χ4v) is 2.90. The highest BCUT2D eigenvalue weighted by Gasteiger charge is 2.25. The van der Waals surface area contributed by atoms with Gasteiger partial charge >= 0.3 is 0 Å². The van der Waals surface area contributed by atoms with E-state index >= 15 is 0 Å². The molecule has 1 aliphatic heterocycles. The molecule has 0 spiro atoms. The molecule has 90 valence electrons. The van der Waals surface area contributed by atoms with Crippen LogP contribution in [-0.2, 0) is 17.1 Å². The van der Waals surface area contributed by atoms with Gasteiger partial charge in [0.15, 0.2) is 0 Å². The van der Waals surface area contributed by atoms with Gasteiger partial charge in [-0.15, -0.1) is 0 Å². The van der Waals surface area contributed by atoms with Crippen molar-refractivity contribution in [3.05, 3.63) is 11.3 Å². The fraction of sp³-hybridized carbons (Fsp3) is 0.727. The molecule has 0 bridgehead atoms. The van der Waals surface area contributed by atoms with Crippen LogP contribution in [0, 0.1) is 6.92 Å². The molecule has 0 aromatic carbocycles. The third-order valence-electron chi connectivity index (χ3n) is 3.09. The van der Waals surface area contributed by atoms with E-state index in [-0.39, 0.29) is 0 Å². The summed E-state index contributed by atoms with van der Waals surface area (Å²) in [5.74, 6) is 1.23. The van der Waals surface area contributed by atoms with Crippen LogP contribution in [0.2, 0.25) is 0 Å². The molecule has 1 aromatic heterocycles. The number of anilines is 1. The van der Waals surface area contributed by atoms with E-state index < -0.39 is 0 Å². The highest BCUT2D eigenvalue weighted by Crippen LogP contribution is 2.28. The zero-order chi connectivity index (χ0) is 11.7. The van der Waals surface area contributed by atoms with Crippen LogP contribution in [0.15, 0.2) is 0 Å². The van der Waals surface area contributed by atoms with Crippen LogP contribution in [0.4, 0.5) is 5.82 Å². The summed E-state index contributed by atoms with van der Waals surface area (Å²) < 4.78 is 7.45. The number of ether oxygens (including phenoxy) is 1. The Morgan fingerprint density at radius 3 is 2.94 bits per heavy atom. The Bertz CT molecular complexity index is 378. The van der Waals surface area contributed by atoms with Crippen molar-refractivity contribution in [2.24, 2.45) is 7.05 Å². The lowest BCUT2D eigenvalue weighted by Gasteiger charge is -2.35. The van der Waals surface area contributed by atoms with Gasteiger partial charge in [-0.25, -0.2) is 0 Å². The largest absolute Gasteiger partial charge is 0.377 e. The average molecular weight is 288 g/mol. The Labute approximate surface area is 105 Å². The number of alkyl halides is 1. The molecule has 1 aliphatic rings. The molecule has 0 N–H and O–H groups in total. The minimum absolute atomic E-state index is 0.418. The van der Waals surface area contributed by atoms with Crippen molar-refractivity contribution >= 4 is 21.7 Å². The van der Waals surface area contributed by atoms with Gasteiger partial charge in [-0.3, -0.25) is 4.68 Å². The standard InChI is InChI=1S/C11H18BrN3O/c1-8-7-16-5-4-15(8)11-10(6-12)9(2)13-14(11)3/h8H,4-7H2,1-3H3. The predicted octanol–water partition coefficient (Wildman–Crippen LogP) is 1.85. The van der Waals surface area contributed by atoms with Crippen molar-refractivity contribution in [3.8, 4) is 0 Å². The molecule has 16 heavy (non-hydrogen) atoms. The molecule has 1 fully saturated rings. The molecule has 0 radical (unpaired) electrons. The first-order valence-corrected chi connectivity index (χ1v) is 6.70. The second kappa shape index (κ2) is 4.75. The normalized spacial score (nSPS) is 21.5. The van der Waals surface area contributed by atoms with E-state index in [4.69, 9.17) is 4.74 Å². The van der Waals surface area contributed by atoms with Crippen molar-refractivity contribution in [2.75, 3.05) is 24.7 Å². The summed E-state index contributed by atoms with van der Waals surface area (Å²) >= 11 is 3.55. The quantitative estimate of drug-likeness (QED) is 0.778. The van der Waals surface area contributed by atoms with Gasteiger partial charge in [-0.2, -0.15) is 5.10 Å². The topological polar surface area (TPSA) is 30.3 Å². The first kappa shape index (κ1) is 11.9. The fourth-order valence-electron chi connectivity index (χ4n) is 2.25. The number of aryl methyl sites for hydroxylation is 2. The number of morpholine rings is 1. The molecule has 1 aromatic rings. The van der Waals surface area contributed by atoms with Gasteiger partial charge in [0.2, 0.25) is 0 Å². The van der Waals surface area contributed by atoms with Gasteiger partial charge in [-0.1, -0.05) is 15.9 Å². The molecule has 0 aliphatic carbocycles. The minimum Gasteiger partial charge on any atom is -0.377 e. The lowest BCUT2D eigenvalue weighted by atomic mass is 10.2. The number of nitrogens with zero attached hydrogens (tertiary/aromatic N) is 3. The van der Waals surface area contributed by atoms with Gasteiger partial charge < -0.3 is 9.64 Å². The molecular weight excluding hydrogens is 270 g/mol. The maximum Gasteiger partial charge on any atom is 0.131 e. The van der Waals surface area contributed by atoms with Crippen molar-refractivity contribution in [1.29, 1.82) is 0 Å². The molecule has 0 amide bonds. The number of rotatable bonds is 2. The third-order valence-corrected chi connectivity index (χ3v) is 3.65. The second-order valence-electron chi connectivity index (χ2n) is 4.26. The summed E-state index contributed by atoms with van der Waals surface area (Å²) in [5.41, 5.74) is 2.39. The Kier molecular flexibility index (Phi) is 3.54. The van der Waals surface area contributed by atoms with Gasteiger partial charge in [0.05, 0.1) is 24.9 Å². The molecule has 1 saturated heterocycles. The molecule has 1 unspecified atom stereocenters. The van der Waals surface area contributed by atoms with E-state index in [2.05, 4.69) is 39.8 Å². The van der Waals surface area contributed by atoms with Gasteiger partial charge in [0, 0.05) is 24.5 Å². The zero-order valence-electron chi connectivity index (χ0n) is 10.0.